The average Bonchev–Trinajstić information content (AvgIpc) is 3.71. The zero-order chi connectivity index (χ0) is 33.1. The summed E-state index contributed by atoms with van der Waals surface area (Å²) >= 11 is 0. The molecule has 0 aliphatic carbocycles. The third-order valence-electron chi connectivity index (χ3n) is 7.77. The van der Waals surface area contributed by atoms with Crippen molar-refractivity contribution in [1.82, 2.24) is 29.8 Å². The van der Waals surface area contributed by atoms with Gasteiger partial charge < -0.3 is 4.52 Å². The van der Waals surface area contributed by atoms with E-state index in [1.807, 2.05) is 48.5 Å². The molecule has 3 heterocycles. The summed E-state index contributed by atoms with van der Waals surface area (Å²) in [6.45, 7) is 4.09. The highest BCUT2D eigenvalue weighted by Crippen LogP contribution is 2.30. The van der Waals surface area contributed by atoms with E-state index < -0.39 is 23.2 Å². The van der Waals surface area contributed by atoms with Crippen molar-refractivity contribution in [2.24, 2.45) is 0 Å². The van der Waals surface area contributed by atoms with Crippen LogP contribution >= 0.6 is 0 Å². The molecular formula is C34H29F3N6O4. The van der Waals surface area contributed by atoms with Crippen LogP contribution in [0.2, 0.25) is 0 Å². The Morgan fingerprint density at radius 3 is 2.26 bits per heavy atom. The zero-order valence-corrected chi connectivity index (χ0v) is 25.5. The zero-order valence-electron chi connectivity index (χ0n) is 25.5. The monoisotopic (exact) mass is 642 g/mol. The third-order valence-corrected chi connectivity index (χ3v) is 7.77. The summed E-state index contributed by atoms with van der Waals surface area (Å²) in [4.78, 5) is 37.2. The van der Waals surface area contributed by atoms with E-state index in [1.165, 1.54) is 0 Å². The van der Waals surface area contributed by atoms with E-state index in [2.05, 4.69) is 31.7 Å². The van der Waals surface area contributed by atoms with Crippen LogP contribution in [0, 0.1) is 24.4 Å². The Kier molecular flexibility index (Phi) is 8.96. The number of hydrogen-bond acceptors (Lipinski definition) is 8. The van der Waals surface area contributed by atoms with E-state index in [1.54, 1.807) is 11.5 Å². The van der Waals surface area contributed by atoms with Gasteiger partial charge in [0.25, 0.3) is 5.56 Å². The second-order valence-electron chi connectivity index (χ2n) is 11.1. The van der Waals surface area contributed by atoms with Crippen LogP contribution in [0.4, 0.5) is 13.2 Å². The highest BCUT2D eigenvalue weighted by molar-refractivity contribution is 5.80. The fourth-order valence-corrected chi connectivity index (χ4v) is 5.39. The van der Waals surface area contributed by atoms with Crippen LogP contribution in [0.25, 0.3) is 22.5 Å². The first-order valence-electron chi connectivity index (χ1n) is 15.0. The van der Waals surface area contributed by atoms with Gasteiger partial charge in [0.15, 0.2) is 29.1 Å². The van der Waals surface area contributed by atoms with Gasteiger partial charge in [0.05, 0.1) is 13.0 Å². The summed E-state index contributed by atoms with van der Waals surface area (Å²) in [7, 11) is 0. The number of unbranched alkanes of at least 4 members (excludes halogenated alkanes) is 1. The Bertz CT molecular complexity index is 2150. The smallest absolute Gasteiger partial charge is 0.339 e. The lowest BCUT2D eigenvalue weighted by molar-refractivity contribution is 0.379. The molecule has 0 amide bonds. The van der Waals surface area contributed by atoms with Gasteiger partial charge in [-0.2, -0.15) is 4.98 Å². The molecule has 0 atom stereocenters. The highest BCUT2D eigenvalue weighted by Gasteiger charge is 2.19. The summed E-state index contributed by atoms with van der Waals surface area (Å²) in [5, 5.41) is 7.70. The molecule has 47 heavy (non-hydrogen) atoms. The number of aromatic amines is 1. The number of halogens is 3. The molecule has 0 unspecified atom stereocenters. The molecule has 240 valence electrons. The molecule has 3 aromatic heterocycles. The van der Waals surface area contributed by atoms with Crippen LogP contribution < -0.4 is 11.3 Å². The quantitative estimate of drug-likeness (QED) is 0.172. The summed E-state index contributed by atoms with van der Waals surface area (Å²) in [6, 6.07) is 17.0. The van der Waals surface area contributed by atoms with E-state index in [-0.39, 0.29) is 42.2 Å². The number of rotatable bonds is 11. The number of benzene rings is 3. The Labute approximate surface area is 265 Å². The molecule has 0 saturated carbocycles. The van der Waals surface area contributed by atoms with Crippen molar-refractivity contribution < 1.29 is 22.2 Å². The fourth-order valence-electron chi connectivity index (χ4n) is 5.39. The van der Waals surface area contributed by atoms with Gasteiger partial charge in [-0.05, 0) is 47.7 Å². The van der Waals surface area contributed by atoms with Gasteiger partial charge in [-0.25, -0.2) is 22.9 Å². The van der Waals surface area contributed by atoms with E-state index >= 15 is 0 Å². The van der Waals surface area contributed by atoms with Gasteiger partial charge in [-0.1, -0.05) is 72.2 Å². The minimum Gasteiger partial charge on any atom is -0.339 e. The van der Waals surface area contributed by atoms with Gasteiger partial charge in [-0.3, -0.25) is 18.9 Å². The van der Waals surface area contributed by atoms with E-state index in [9.17, 15) is 22.8 Å². The summed E-state index contributed by atoms with van der Waals surface area (Å²) in [6.07, 6.45) is 2.30. The highest BCUT2D eigenvalue weighted by atomic mass is 19.2. The molecule has 0 fully saturated rings. The Morgan fingerprint density at radius 1 is 0.851 bits per heavy atom. The molecule has 10 nitrogen and oxygen atoms in total. The van der Waals surface area contributed by atoms with Crippen molar-refractivity contribution in [2.75, 3.05) is 0 Å². The van der Waals surface area contributed by atoms with Crippen LogP contribution in [-0.4, -0.2) is 29.8 Å². The standard InChI is InChI=1S/C34H29F3N6O4/c1-3-4-9-29-38-19(2)25(17-30-39-28(41-46-30)16-21-14-26(35)31(37)27(36)15-21)33(44)43(29)18-20-10-12-22(13-11-20)23-7-5-6-8-24(23)32-40-34(45)47-42-32/h5-8,10-15H,3-4,9,16-18H2,1-2H3,(H,40,42,45). The van der Waals surface area contributed by atoms with Crippen molar-refractivity contribution in [2.45, 2.75) is 52.5 Å². The van der Waals surface area contributed by atoms with Crippen molar-refractivity contribution >= 4 is 0 Å². The molecule has 6 aromatic rings. The first-order valence-corrected chi connectivity index (χ1v) is 15.0. The summed E-state index contributed by atoms with van der Waals surface area (Å²) in [5.74, 6) is -3.55. The number of H-pyrrole nitrogens is 1. The van der Waals surface area contributed by atoms with Crippen LogP contribution in [0.15, 0.2) is 79.3 Å². The molecule has 1 N–H and O–H groups in total. The van der Waals surface area contributed by atoms with Crippen molar-refractivity contribution in [3.05, 3.63) is 139 Å². The molecule has 0 saturated heterocycles. The predicted octanol–water partition coefficient (Wildman–Crippen LogP) is 5.93. The van der Waals surface area contributed by atoms with Crippen LogP contribution in [0.3, 0.4) is 0 Å². The fraction of sp³-hybridized carbons (Fsp3) is 0.235. The molecule has 0 bridgehead atoms. The molecule has 0 spiro atoms. The summed E-state index contributed by atoms with van der Waals surface area (Å²) in [5.41, 5.74) is 4.12. The lowest BCUT2D eigenvalue weighted by atomic mass is 9.98. The summed E-state index contributed by atoms with van der Waals surface area (Å²) < 4.78 is 52.4. The first kappa shape index (κ1) is 31.4. The number of aromatic nitrogens is 6. The Hall–Kier alpha value is -5.59. The molecule has 0 radical (unpaired) electrons. The van der Waals surface area contributed by atoms with Gasteiger partial charge in [0.2, 0.25) is 5.89 Å². The van der Waals surface area contributed by atoms with E-state index in [0.717, 1.165) is 41.7 Å². The minimum absolute atomic E-state index is 0.00469. The number of nitrogens with zero attached hydrogens (tertiary/aromatic N) is 5. The maximum Gasteiger partial charge on any atom is 0.439 e. The lowest BCUT2D eigenvalue weighted by Gasteiger charge is -2.16. The van der Waals surface area contributed by atoms with Gasteiger partial charge in [0.1, 0.15) is 5.82 Å². The molecule has 0 aliphatic rings. The van der Waals surface area contributed by atoms with E-state index in [4.69, 9.17) is 9.51 Å². The largest absolute Gasteiger partial charge is 0.439 e. The van der Waals surface area contributed by atoms with Crippen molar-refractivity contribution in [3.63, 3.8) is 0 Å². The third kappa shape index (κ3) is 6.83. The SMILES string of the molecule is CCCCc1nc(C)c(Cc2nc(Cc3cc(F)c(F)c(F)c3)no2)c(=O)n1Cc1ccc(-c2ccccc2-c2noc(=O)[nH]2)cc1. The lowest BCUT2D eigenvalue weighted by Crippen LogP contribution is -2.30. The van der Waals surface area contributed by atoms with Crippen molar-refractivity contribution in [3.8, 4) is 22.5 Å². The second-order valence-corrected chi connectivity index (χ2v) is 11.1. The average molecular weight is 643 g/mol. The molecular weight excluding hydrogens is 613 g/mol. The number of hydrogen-bond donors (Lipinski definition) is 1. The Balaban J connectivity index is 1.26. The Morgan fingerprint density at radius 2 is 1.57 bits per heavy atom. The molecule has 6 rings (SSSR count). The first-order chi connectivity index (χ1) is 22.7. The van der Waals surface area contributed by atoms with Gasteiger partial charge in [0, 0.05) is 29.7 Å². The number of aryl methyl sites for hydroxylation is 2. The van der Waals surface area contributed by atoms with Gasteiger partial charge >= 0.3 is 5.76 Å². The minimum atomic E-state index is -1.55. The topological polar surface area (TPSA) is 133 Å². The van der Waals surface area contributed by atoms with Crippen LogP contribution in [-0.2, 0) is 25.8 Å². The number of nitrogens with one attached hydrogen (secondary N) is 1. The van der Waals surface area contributed by atoms with Crippen LogP contribution in [0.1, 0.15) is 59.7 Å². The van der Waals surface area contributed by atoms with Gasteiger partial charge in [-0.15, -0.1) is 0 Å². The normalized spacial score (nSPS) is 11.3. The van der Waals surface area contributed by atoms with Crippen molar-refractivity contribution in [1.29, 1.82) is 0 Å². The van der Waals surface area contributed by atoms with Crippen LogP contribution in [0.5, 0.6) is 0 Å². The maximum atomic E-state index is 13.9. The van der Waals surface area contributed by atoms with E-state index in [0.29, 0.717) is 34.9 Å². The molecule has 3 aromatic carbocycles. The molecule has 0 aliphatic heterocycles. The second kappa shape index (κ2) is 13.4. The maximum absolute atomic E-state index is 13.9. The predicted molar refractivity (Wildman–Crippen MR) is 165 cm³/mol. The molecule has 13 heteroatoms.